The van der Waals surface area contributed by atoms with Gasteiger partial charge in [-0.3, -0.25) is 0 Å². The average Bonchev–Trinajstić information content (AvgIpc) is 3.02. The van der Waals surface area contributed by atoms with Crippen molar-refractivity contribution in [3.8, 4) is 0 Å². The Bertz CT molecular complexity index is 367. The highest BCUT2D eigenvalue weighted by molar-refractivity contribution is 5.68. The largest absolute Gasteiger partial charge is 0.444 e. The molecule has 3 unspecified atom stereocenters. The average molecular weight is 312 g/mol. The lowest BCUT2D eigenvalue weighted by molar-refractivity contribution is 0.0202. The Labute approximate surface area is 134 Å². The predicted octanol–water partition coefficient (Wildman–Crippen LogP) is 2.65. The minimum Gasteiger partial charge on any atom is -0.444 e. The number of amides is 1. The van der Waals surface area contributed by atoms with E-state index in [0.717, 1.165) is 18.4 Å². The summed E-state index contributed by atoms with van der Waals surface area (Å²) in [6, 6.07) is 0.654. The number of carbonyl (C=O) groups is 1. The van der Waals surface area contributed by atoms with E-state index >= 15 is 0 Å². The monoisotopic (exact) mass is 312 g/mol. The van der Waals surface area contributed by atoms with Crippen LogP contribution in [0.4, 0.5) is 4.79 Å². The third-order valence-electron chi connectivity index (χ3n) is 4.74. The van der Waals surface area contributed by atoms with Gasteiger partial charge in [0.05, 0.1) is 6.61 Å². The molecule has 2 aliphatic carbocycles. The van der Waals surface area contributed by atoms with E-state index < -0.39 is 5.60 Å². The molecule has 5 nitrogen and oxygen atoms in total. The van der Waals surface area contributed by atoms with E-state index in [1.807, 2.05) is 20.8 Å². The molecule has 2 rings (SSSR count). The molecule has 2 aliphatic rings. The molecule has 0 radical (unpaired) electrons. The van der Waals surface area contributed by atoms with Gasteiger partial charge in [-0.15, -0.1) is 0 Å². The van der Waals surface area contributed by atoms with Gasteiger partial charge in [0.1, 0.15) is 5.60 Å². The lowest BCUT2D eigenvalue weighted by Crippen LogP contribution is -2.44. The maximum Gasteiger partial charge on any atom is 0.410 e. The highest BCUT2D eigenvalue weighted by atomic mass is 16.6. The molecule has 2 saturated carbocycles. The Kier molecular flexibility index (Phi) is 6.09. The zero-order valence-corrected chi connectivity index (χ0v) is 14.6. The van der Waals surface area contributed by atoms with E-state index in [1.54, 1.807) is 12.0 Å². The Morgan fingerprint density at radius 1 is 1.23 bits per heavy atom. The van der Waals surface area contributed by atoms with Gasteiger partial charge in [0.2, 0.25) is 0 Å². The molecule has 0 saturated heterocycles. The number of nitrogens with one attached hydrogen (secondary N) is 1. The van der Waals surface area contributed by atoms with Crippen molar-refractivity contribution in [1.29, 1.82) is 0 Å². The van der Waals surface area contributed by atoms with Crippen molar-refractivity contribution in [2.75, 3.05) is 33.4 Å². The van der Waals surface area contributed by atoms with Crippen molar-refractivity contribution in [1.82, 2.24) is 10.2 Å². The number of hydrogen-bond acceptors (Lipinski definition) is 4. The molecule has 0 aliphatic heterocycles. The first-order valence-electron chi connectivity index (χ1n) is 8.59. The van der Waals surface area contributed by atoms with Crippen LogP contribution in [0.25, 0.3) is 0 Å². The summed E-state index contributed by atoms with van der Waals surface area (Å²) in [4.78, 5) is 14.0. The summed E-state index contributed by atoms with van der Waals surface area (Å²) < 4.78 is 10.6. The third kappa shape index (κ3) is 5.13. The van der Waals surface area contributed by atoms with Crippen molar-refractivity contribution in [3.05, 3.63) is 0 Å². The second kappa shape index (κ2) is 7.64. The van der Waals surface area contributed by atoms with Crippen LogP contribution < -0.4 is 5.32 Å². The molecular formula is C17H32N2O3. The summed E-state index contributed by atoms with van der Waals surface area (Å²) in [6.07, 6.45) is 5.26. The van der Waals surface area contributed by atoms with Gasteiger partial charge in [-0.1, -0.05) is 6.42 Å². The molecule has 2 bridgehead atoms. The third-order valence-corrected chi connectivity index (χ3v) is 4.74. The Morgan fingerprint density at radius 3 is 2.55 bits per heavy atom. The molecule has 2 fully saturated rings. The fourth-order valence-electron chi connectivity index (χ4n) is 3.70. The van der Waals surface area contributed by atoms with E-state index in [9.17, 15) is 4.79 Å². The normalized spacial score (nSPS) is 27.2. The van der Waals surface area contributed by atoms with Crippen LogP contribution in [0.3, 0.4) is 0 Å². The zero-order valence-electron chi connectivity index (χ0n) is 14.6. The standard InChI is InChI=1S/C17H32N2O3/c1-17(2,3)22-16(20)19(9-10-21-4)8-7-18-15-12-13-5-6-14(15)11-13/h13-15,18H,5-12H2,1-4H3. The second-order valence-corrected chi connectivity index (χ2v) is 7.70. The molecule has 1 amide bonds. The molecule has 3 atom stereocenters. The highest BCUT2D eigenvalue weighted by Crippen LogP contribution is 2.44. The number of hydrogen-bond donors (Lipinski definition) is 1. The van der Waals surface area contributed by atoms with E-state index in [0.29, 0.717) is 25.7 Å². The van der Waals surface area contributed by atoms with Gasteiger partial charge in [0.15, 0.2) is 0 Å². The van der Waals surface area contributed by atoms with Crippen LogP contribution in [-0.2, 0) is 9.47 Å². The number of carbonyl (C=O) groups excluding carboxylic acids is 1. The highest BCUT2D eigenvalue weighted by Gasteiger charge is 2.39. The summed E-state index contributed by atoms with van der Waals surface area (Å²) in [5.74, 6) is 1.80. The molecule has 0 spiro atoms. The van der Waals surface area contributed by atoms with Crippen LogP contribution in [0.5, 0.6) is 0 Å². The van der Waals surface area contributed by atoms with Crippen molar-refractivity contribution in [3.63, 3.8) is 0 Å². The molecule has 22 heavy (non-hydrogen) atoms. The maximum atomic E-state index is 12.2. The summed E-state index contributed by atoms with van der Waals surface area (Å²) in [7, 11) is 1.65. The SMILES string of the molecule is COCCN(CCNC1CC2CCC1C2)C(=O)OC(C)(C)C. The number of fused-ring (bicyclic) bond motifs is 2. The van der Waals surface area contributed by atoms with Crippen molar-refractivity contribution < 1.29 is 14.3 Å². The van der Waals surface area contributed by atoms with Gasteiger partial charge >= 0.3 is 6.09 Å². The van der Waals surface area contributed by atoms with Crippen molar-refractivity contribution in [2.24, 2.45) is 11.8 Å². The summed E-state index contributed by atoms with van der Waals surface area (Å²) >= 11 is 0. The van der Waals surface area contributed by atoms with Crippen LogP contribution in [-0.4, -0.2) is 56.0 Å². The molecule has 128 valence electrons. The fourth-order valence-corrected chi connectivity index (χ4v) is 3.70. The quantitative estimate of drug-likeness (QED) is 0.785. The minimum atomic E-state index is -0.458. The van der Waals surface area contributed by atoms with E-state index in [2.05, 4.69) is 5.32 Å². The first-order valence-corrected chi connectivity index (χ1v) is 8.59. The number of rotatable bonds is 7. The topological polar surface area (TPSA) is 50.8 Å². The first-order chi connectivity index (χ1) is 10.4. The summed E-state index contributed by atoms with van der Waals surface area (Å²) in [5.41, 5.74) is -0.458. The lowest BCUT2D eigenvalue weighted by Gasteiger charge is -2.29. The molecule has 0 aromatic heterocycles. The van der Waals surface area contributed by atoms with E-state index in [-0.39, 0.29) is 6.09 Å². The van der Waals surface area contributed by atoms with E-state index in [1.165, 1.54) is 25.7 Å². The second-order valence-electron chi connectivity index (χ2n) is 7.70. The first kappa shape index (κ1) is 17.5. The van der Waals surface area contributed by atoms with Crippen LogP contribution in [0, 0.1) is 11.8 Å². The Hall–Kier alpha value is -0.810. The molecular weight excluding hydrogens is 280 g/mol. The Balaban J connectivity index is 1.75. The van der Waals surface area contributed by atoms with Gasteiger partial charge in [-0.25, -0.2) is 4.79 Å². The van der Waals surface area contributed by atoms with Gasteiger partial charge < -0.3 is 19.7 Å². The van der Waals surface area contributed by atoms with Crippen LogP contribution in [0.15, 0.2) is 0 Å². The van der Waals surface area contributed by atoms with Gasteiger partial charge in [0, 0.05) is 32.8 Å². The molecule has 5 heteroatoms. The smallest absolute Gasteiger partial charge is 0.410 e. The molecule has 0 heterocycles. The predicted molar refractivity (Wildman–Crippen MR) is 86.9 cm³/mol. The molecule has 0 aromatic rings. The summed E-state index contributed by atoms with van der Waals surface area (Å²) in [6.45, 7) is 8.30. The van der Waals surface area contributed by atoms with Crippen LogP contribution >= 0.6 is 0 Å². The van der Waals surface area contributed by atoms with Gasteiger partial charge in [-0.2, -0.15) is 0 Å². The fraction of sp³-hybridized carbons (Fsp3) is 0.941. The summed E-state index contributed by atoms with van der Waals surface area (Å²) in [5, 5.41) is 3.65. The number of methoxy groups -OCH3 is 1. The lowest BCUT2D eigenvalue weighted by atomic mass is 9.95. The van der Waals surface area contributed by atoms with Gasteiger partial charge in [0.25, 0.3) is 0 Å². The molecule has 0 aromatic carbocycles. The number of ether oxygens (including phenoxy) is 2. The minimum absolute atomic E-state index is 0.251. The van der Waals surface area contributed by atoms with E-state index in [4.69, 9.17) is 9.47 Å². The van der Waals surface area contributed by atoms with Crippen LogP contribution in [0.1, 0.15) is 46.5 Å². The number of nitrogens with zero attached hydrogens (tertiary/aromatic N) is 1. The maximum absolute atomic E-state index is 12.2. The van der Waals surface area contributed by atoms with Crippen LogP contribution in [0.2, 0.25) is 0 Å². The van der Waals surface area contributed by atoms with Crippen molar-refractivity contribution in [2.45, 2.75) is 58.1 Å². The Morgan fingerprint density at radius 2 is 2.00 bits per heavy atom. The van der Waals surface area contributed by atoms with Gasteiger partial charge in [-0.05, 0) is 51.9 Å². The zero-order chi connectivity index (χ0) is 16.2. The van der Waals surface area contributed by atoms with Crippen molar-refractivity contribution >= 4 is 6.09 Å². The molecule has 1 N–H and O–H groups in total.